The summed E-state index contributed by atoms with van der Waals surface area (Å²) in [6.45, 7) is 2.52. The molecule has 0 atom stereocenters. The zero-order valence-electron chi connectivity index (χ0n) is 9.82. The number of ether oxygens (including phenoxy) is 1. The molecule has 0 aliphatic carbocycles. The maximum Gasteiger partial charge on any atom is 0.314 e. The highest BCUT2D eigenvalue weighted by Gasteiger charge is 2.04. The number of urea groups is 1. The van der Waals surface area contributed by atoms with Crippen LogP contribution in [0.1, 0.15) is 26.2 Å². The van der Waals surface area contributed by atoms with Crippen LogP contribution in [0.5, 0.6) is 0 Å². The van der Waals surface area contributed by atoms with Crippen molar-refractivity contribution in [1.82, 2.24) is 10.6 Å². The van der Waals surface area contributed by atoms with Crippen LogP contribution in [0.25, 0.3) is 0 Å². The van der Waals surface area contributed by atoms with Gasteiger partial charge < -0.3 is 20.5 Å². The number of aliphatic carboxylic acids is 1. The summed E-state index contributed by atoms with van der Waals surface area (Å²) in [5, 5.41) is 13.3. The largest absolute Gasteiger partial charge is 0.481 e. The molecule has 0 aliphatic heterocycles. The Balaban J connectivity index is 3.40. The van der Waals surface area contributed by atoms with Crippen LogP contribution < -0.4 is 10.6 Å². The topological polar surface area (TPSA) is 105 Å². The van der Waals surface area contributed by atoms with Crippen molar-refractivity contribution in [2.75, 3.05) is 19.7 Å². The van der Waals surface area contributed by atoms with Gasteiger partial charge in [-0.05, 0) is 13.3 Å². The number of nitrogens with one attached hydrogen (secondary N) is 2. The van der Waals surface area contributed by atoms with E-state index in [1.54, 1.807) is 6.92 Å². The molecular weight excluding hydrogens is 228 g/mol. The first kappa shape index (κ1) is 15.2. The second-order valence-corrected chi connectivity index (χ2v) is 3.23. The van der Waals surface area contributed by atoms with E-state index in [1.807, 2.05) is 0 Å². The van der Waals surface area contributed by atoms with Crippen LogP contribution in [0.3, 0.4) is 0 Å². The molecule has 0 aliphatic rings. The molecule has 0 aromatic heterocycles. The summed E-state index contributed by atoms with van der Waals surface area (Å²) in [6.07, 6.45) is 0.514. The van der Waals surface area contributed by atoms with Gasteiger partial charge in [0, 0.05) is 19.5 Å². The van der Waals surface area contributed by atoms with Crippen LogP contribution >= 0.6 is 0 Å². The van der Waals surface area contributed by atoms with E-state index in [2.05, 4.69) is 15.4 Å². The summed E-state index contributed by atoms with van der Waals surface area (Å²) in [7, 11) is 0. The molecule has 7 nitrogen and oxygen atoms in total. The average Bonchev–Trinajstić information content (AvgIpc) is 2.24. The van der Waals surface area contributed by atoms with Gasteiger partial charge in [0.2, 0.25) is 0 Å². The lowest BCUT2D eigenvalue weighted by Crippen LogP contribution is -2.37. The standard InChI is InChI=1S/C10H18N2O5/c1-2-17-9(15)5-7-12-10(16)11-6-3-4-8(13)14/h2-7H2,1H3,(H,13,14)(H2,11,12,16). The number of amides is 2. The summed E-state index contributed by atoms with van der Waals surface area (Å²) < 4.78 is 4.67. The van der Waals surface area contributed by atoms with E-state index >= 15 is 0 Å². The summed E-state index contributed by atoms with van der Waals surface area (Å²) in [4.78, 5) is 32.2. The third kappa shape index (κ3) is 10.5. The van der Waals surface area contributed by atoms with Crippen molar-refractivity contribution >= 4 is 18.0 Å². The molecular formula is C10H18N2O5. The molecule has 0 aromatic rings. The van der Waals surface area contributed by atoms with Crippen LogP contribution in [-0.4, -0.2) is 42.8 Å². The van der Waals surface area contributed by atoms with Crippen LogP contribution in [-0.2, 0) is 14.3 Å². The first-order chi connectivity index (χ1) is 8.06. The molecule has 0 spiro atoms. The monoisotopic (exact) mass is 246 g/mol. The smallest absolute Gasteiger partial charge is 0.314 e. The molecule has 0 fully saturated rings. The van der Waals surface area contributed by atoms with E-state index in [-0.39, 0.29) is 31.9 Å². The van der Waals surface area contributed by atoms with Crippen molar-refractivity contribution in [2.24, 2.45) is 0 Å². The first-order valence-electron chi connectivity index (χ1n) is 5.45. The number of carboxylic acids is 1. The maximum absolute atomic E-state index is 11.1. The summed E-state index contributed by atoms with van der Waals surface area (Å²) in [5.74, 6) is -1.26. The van der Waals surface area contributed by atoms with Crippen molar-refractivity contribution in [2.45, 2.75) is 26.2 Å². The Hall–Kier alpha value is -1.79. The van der Waals surface area contributed by atoms with Gasteiger partial charge in [-0.2, -0.15) is 0 Å². The summed E-state index contributed by atoms with van der Waals surface area (Å²) >= 11 is 0. The third-order valence-corrected chi connectivity index (χ3v) is 1.77. The van der Waals surface area contributed by atoms with Crippen LogP contribution in [0.4, 0.5) is 4.79 Å². The van der Waals surface area contributed by atoms with Gasteiger partial charge in [-0.3, -0.25) is 9.59 Å². The van der Waals surface area contributed by atoms with Crippen molar-refractivity contribution < 1.29 is 24.2 Å². The first-order valence-corrected chi connectivity index (χ1v) is 5.45. The number of esters is 1. The minimum atomic E-state index is -0.894. The SMILES string of the molecule is CCOC(=O)CCNC(=O)NCCCC(=O)O. The van der Waals surface area contributed by atoms with Gasteiger partial charge in [-0.1, -0.05) is 0 Å². The van der Waals surface area contributed by atoms with E-state index in [9.17, 15) is 14.4 Å². The third-order valence-electron chi connectivity index (χ3n) is 1.77. The molecule has 0 saturated carbocycles. The molecule has 0 rings (SSSR count). The number of hydrogen-bond donors (Lipinski definition) is 3. The van der Waals surface area contributed by atoms with Gasteiger partial charge in [-0.25, -0.2) is 4.79 Å². The van der Waals surface area contributed by atoms with E-state index in [4.69, 9.17) is 5.11 Å². The fourth-order valence-electron chi connectivity index (χ4n) is 1.02. The van der Waals surface area contributed by atoms with Crippen molar-refractivity contribution in [3.8, 4) is 0 Å². The summed E-state index contributed by atoms with van der Waals surface area (Å²) in [6, 6.07) is -0.417. The second-order valence-electron chi connectivity index (χ2n) is 3.23. The Morgan fingerprint density at radius 1 is 1.12 bits per heavy atom. The molecule has 0 aromatic carbocycles. The molecule has 17 heavy (non-hydrogen) atoms. The van der Waals surface area contributed by atoms with E-state index in [0.717, 1.165) is 0 Å². The quantitative estimate of drug-likeness (QED) is 0.416. The fraction of sp³-hybridized carbons (Fsp3) is 0.700. The van der Waals surface area contributed by atoms with E-state index < -0.39 is 12.0 Å². The number of carbonyl (C=O) groups excluding carboxylic acids is 2. The zero-order chi connectivity index (χ0) is 13.1. The molecule has 0 radical (unpaired) electrons. The molecule has 98 valence electrons. The molecule has 0 saturated heterocycles. The van der Waals surface area contributed by atoms with Crippen molar-refractivity contribution in [1.29, 1.82) is 0 Å². The van der Waals surface area contributed by atoms with Gasteiger partial charge in [0.05, 0.1) is 13.0 Å². The van der Waals surface area contributed by atoms with Crippen LogP contribution in [0, 0.1) is 0 Å². The normalized spacial score (nSPS) is 9.47. The van der Waals surface area contributed by atoms with Crippen molar-refractivity contribution in [3.63, 3.8) is 0 Å². The van der Waals surface area contributed by atoms with Gasteiger partial charge >= 0.3 is 18.0 Å². The molecule has 3 N–H and O–H groups in total. The number of hydrogen-bond acceptors (Lipinski definition) is 4. The molecule has 0 heterocycles. The van der Waals surface area contributed by atoms with Gasteiger partial charge in [0.15, 0.2) is 0 Å². The van der Waals surface area contributed by atoms with Gasteiger partial charge in [-0.15, -0.1) is 0 Å². The zero-order valence-corrected chi connectivity index (χ0v) is 9.82. The molecule has 0 bridgehead atoms. The maximum atomic E-state index is 11.1. The predicted molar refractivity (Wildman–Crippen MR) is 59.5 cm³/mol. The minimum absolute atomic E-state index is 0.0170. The lowest BCUT2D eigenvalue weighted by molar-refractivity contribution is -0.143. The molecule has 7 heteroatoms. The number of rotatable bonds is 8. The van der Waals surface area contributed by atoms with Crippen LogP contribution in [0.15, 0.2) is 0 Å². The highest BCUT2D eigenvalue weighted by Crippen LogP contribution is 1.86. The molecule has 2 amide bonds. The van der Waals surface area contributed by atoms with E-state index in [0.29, 0.717) is 13.0 Å². The molecule has 0 unspecified atom stereocenters. The highest BCUT2D eigenvalue weighted by atomic mass is 16.5. The average molecular weight is 246 g/mol. The Morgan fingerprint density at radius 3 is 2.35 bits per heavy atom. The highest BCUT2D eigenvalue weighted by molar-refractivity contribution is 5.75. The Labute approximate surface area is 99.5 Å². The second kappa shape index (κ2) is 9.44. The lowest BCUT2D eigenvalue weighted by atomic mass is 10.3. The van der Waals surface area contributed by atoms with E-state index in [1.165, 1.54) is 0 Å². The minimum Gasteiger partial charge on any atom is -0.481 e. The Morgan fingerprint density at radius 2 is 1.76 bits per heavy atom. The van der Waals surface area contributed by atoms with Crippen molar-refractivity contribution in [3.05, 3.63) is 0 Å². The van der Waals surface area contributed by atoms with Gasteiger partial charge in [0.1, 0.15) is 0 Å². The number of carboxylic acid groups (broad SMARTS) is 1. The Kier molecular flexibility index (Phi) is 8.44. The number of carbonyl (C=O) groups is 3. The van der Waals surface area contributed by atoms with Gasteiger partial charge in [0.25, 0.3) is 0 Å². The van der Waals surface area contributed by atoms with Crippen LogP contribution in [0.2, 0.25) is 0 Å². The predicted octanol–water partition coefficient (Wildman–Crippen LogP) is 0.104. The lowest BCUT2D eigenvalue weighted by Gasteiger charge is -2.06. The summed E-state index contributed by atoms with van der Waals surface area (Å²) in [5.41, 5.74) is 0. The fourth-order valence-corrected chi connectivity index (χ4v) is 1.02. The Bertz CT molecular complexity index is 267.